The zero-order chi connectivity index (χ0) is 12.1. The van der Waals surface area contributed by atoms with Gasteiger partial charge in [0, 0.05) is 24.6 Å². The average molecular weight is 306 g/mol. The SMILES string of the molecule is CC(Br)CCN(C)C(=O)c1ccc(Cl)cn1. The summed E-state index contributed by atoms with van der Waals surface area (Å²) in [6.07, 6.45) is 2.39. The molecule has 16 heavy (non-hydrogen) atoms. The average Bonchev–Trinajstić information content (AvgIpc) is 2.26. The minimum atomic E-state index is -0.0789. The van der Waals surface area contributed by atoms with Gasteiger partial charge in [-0.2, -0.15) is 0 Å². The van der Waals surface area contributed by atoms with E-state index in [-0.39, 0.29) is 5.91 Å². The molecule has 0 fully saturated rings. The van der Waals surface area contributed by atoms with Crippen molar-refractivity contribution in [1.82, 2.24) is 9.88 Å². The molecule has 1 amide bonds. The summed E-state index contributed by atoms with van der Waals surface area (Å²) < 4.78 is 0. The number of carbonyl (C=O) groups is 1. The van der Waals surface area contributed by atoms with Crippen LogP contribution in [0.5, 0.6) is 0 Å². The maximum absolute atomic E-state index is 11.9. The molecule has 0 aliphatic rings. The third-order valence-electron chi connectivity index (χ3n) is 2.16. The van der Waals surface area contributed by atoms with Crippen LogP contribution in [0.25, 0.3) is 0 Å². The smallest absolute Gasteiger partial charge is 0.272 e. The molecular weight excluding hydrogens is 291 g/mol. The summed E-state index contributed by atoms with van der Waals surface area (Å²) in [4.78, 5) is 17.9. The predicted octanol–water partition coefficient (Wildman–Crippen LogP) is 2.98. The first-order valence-electron chi connectivity index (χ1n) is 5.02. The topological polar surface area (TPSA) is 33.2 Å². The molecule has 0 aliphatic carbocycles. The molecule has 3 nitrogen and oxygen atoms in total. The van der Waals surface area contributed by atoms with Gasteiger partial charge in [-0.15, -0.1) is 0 Å². The number of aromatic nitrogens is 1. The summed E-state index contributed by atoms with van der Waals surface area (Å²) in [7, 11) is 1.77. The second-order valence-electron chi connectivity index (χ2n) is 3.66. The second-order valence-corrected chi connectivity index (χ2v) is 5.66. The van der Waals surface area contributed by atoms with Gasteiger partial charge in [0.1, 0.15) is 5.69 Å². The molecule has 0 bridgehead atoms. The highest BCUT2D eigenvalue weighted by Gasteiger charge is 2.13. The fraction of sp³-hybridized carbons (Fsp3) is 0.455. The molecule has 1 unspecified atom stereocenters. The van der Waals surface area contributed by atoms with Crippen molar-refractivity contribution in [1.29, 1.82) is 0 Å². The Balaban J connectivity index is 2.60. The summed E-state index contributed by atoms with van der Waals surface area (Å²) in [5.74, 6) is -0.0789. The van der Waals surface area contributed by atoms with Crippen LogP contribution in [0, 0.1) is 0 Å². The van der Waals surface area contributed by atoms with Gasteiger partial charge in [0.15, 0.2) is 0 Å². The minimum Gasteiger partial charge on any atom is -0.340 e. The molecular formula is C11H14BrClN2O. The summed E-state index contributed by atoms with van der Waals surface area (Å²) in [5, 5.41) is 0.535. The van der Waals surface area contributed by atoms with Crippen molar-refractivity contribution in [3.8, 4) is 0 Å². The molecule has 0 saturated heterocycles. The van der Waals surface area contributed by atoms with Gasteiger partial charge in [-0.05, 0) is 18.6 Å². The Morgan fingerprint density at radius 2 is 2.31 bits per heavy atom. The van der Waals surface area contributed by atoms with Gasteiger partial charge in [0.05, 0.1) is 5.02 Å². The van der Waals surface area contributed by atoms with E-state index >= 15 is 0 Å². The van der Waals surface area contributed by atoms with Crippen LogP contribution in [0.3, 0.4) is 0 Å². The van der Waals surface area contributed by atoms with Gasteiger partial charge in [0.2, 0.25) is 0 Å². The van der Waals surface area contributed by atoms with Crippen LogP contribution in [-0.4, -0.2) is 34.2 Å². The Morgan fingerprint density at radius 3 is 2.81 bits per heavy atom. The van der Waals surface area contributed by atoms with Crippen LogP contribution >= 0.6 is 27.5 Å². The number of rotatable bonds is 4. The largest absolute Gasteiger partial charge is 0.340 e. The summed E-state index contributed by atoms with van der Waals surface area (Å²) in [5.41, 5.74) is 0.425. The number of halogens is 2. The number of nitrogens with zero attached hydrogens (tertiary/aromatic N) is 2. The number of pyridine rings is 1. The Bertz CT molecular complexity index is 354. The van der Waals surface area contributed by atoms with Crippen LogP contribution in [0.4, 0.5) is 0 Å². The summed E-state index contributed by atoms with van der Waals surface area (Å²) in [6, 6.07) is 3.31. The standard InChI is InChI=1S/C11H14BrClN2O/c1-8(12)5-6-15(2)11(16)10-4-3-9(13)7-14-10/h3-4,7-8H,5-6H2,1-2H3. The van der Waals surface area contributed by atoms with Gasteiger partial charge < -0.3 is 4.90 Å². The molecule has 88 valence electrons. The van der Waals surface area contributed by atoms with Crippen LogP contribution in [0.1, 0.15) is 23.8 Å². The third kappa shape index (κ3) is 4.10. The van der Waals surface area contributed by atoms with Crippen molar-refractivity contribution >= 4 is 33.4 Å². The van der Waals surface area contributed by atoms with E-state index in [1.54, 1.807) is 24.1 Å². The third-order valence-corrected chi connectivity index (χ3v) is 2.84. The highest BCUT2D eigenvalue weighted by atomic mass is 79.9. The molecule has 0 saturated carbocycles. The van der Waals surface area contributed by atoms with Gasteiger partial charge in [-0.25, -0.2) is 4.98 Å². The molecule has 1 aromatic heterocycles. The van der Waals surface area contributed by atoms with Crippen molar-refractivity contribution in [2.75, 3.05) is 13.6 Å². The normalized spacial score (nSPS) is 12.2. The number of alkyl halides is 1. The van der Waals surface area contributed by atoms with E-state index in [1.807, 2.05) is 0 Å². The number of hydrogen-bond donors (Lipinski definition) is 0. The highest BCUT2D eigenvalue weighted by molar-refractivity contribution is 9.09. The Labute approximate surface area is 109 Å². The molecule has 1 aromatic rings. The molecule has 0 spiro atoms. The Kier molecular flexibility index (Phi) is 5.22. The van der Waals surface area contributed by atoms with E-state index in [4.69, 9.17) is 11.6 Å². The van der Waals surface area contributed by atoms with Crippen molar-refractivity contribution < 1.29 is 4.79 Å². The molecule has 1 heterocycles. The van der Waals surface area contributed by atoms with Crippen LogP contribution in [0.2, 0.25) is 5.02 Å². The van der Waals surface area contributed by atoms with Gasteiger partial charge in [-0.1, -0.05) is 34.5 Å². The maximum Gasteiger partial charge on any atom is 0.272 e. The molecule has 1 atom stereocenters. The van der Waals surface area contributed by atoms with Crippen molar-refractivity contribution in [2.24, 2.45) is 0 Å². The number of hydrogen-bond acceptors (Lipinski definition) is 2. The number of amides is 1. The fourth-order valence-electron chi connectivity index (χ4n) is 1.17. The lowest BCUT2D eigenvalue weighted by Crippen LogP contribution is -2.29. The van der Waals surface area contributed by atoms with E-state index < -0.39 is 0 Å². The van der Waals surface area contributed by atoms with Gasteiger partial charge >= 0.3 is 0 Å². The molecule has 0 N–H and O–H groups in total. The van der Waals surface area contributed by atoms with Crippen molar-refractivity contribution in [2.45, 2.75) is 18.2 Å². The number of carbonyl (C=O) groups excluding carboxylic acids is 1. The molecule has 0 aromatic carbocycles. The first-order valence-corrected chi connectivity index (χ1v) is 6.31. The zero-order valence-electron chi connectivity index (χ0n) is 9.28. The van der Waals surface area contributed by atoms with E-state index in [1.165, 1.54) is 6.20 Å². The van der Waals surface area contributed by atoms with E-state index in [9.17, 15) is 4.79 Å². The second kappa shape index (κ2) is 6.21. The Morgan fingerprint density at radius 1 is 1.62 bits per heavy atom. The lowest BCUT2D eigenvalue weighted by molar-refractivity contribution is 0.0788. The first-order chi connectivity index (χ1) is 7.50. The van der Waals surface area contributed by atoms with Crippen LogP contribution in [-0.2, 0) is 0 Å². The summed E-state index contributed by atoms with van der Waals surface area (Å²) in [6.45, 7) is 2.76. The zero-order valence-corrected chi connectivity index (χ0v) is 11.6. The first kappa shape index (κ1) is 13.5. The Hall–Kier alpha value is -0.610. The van der Waals surface area contributed by atoms with E-state index in [2.05, 4.69) is 27.8 Å². The quantitative estimate of drug-likeness (QED) is 0.801. The lowest BCUT2D eigenvalue weighted by atomic mass is 10.3. The van der Waals surface area contributed by atoms with Crippen molar-refractivity contribution in [3.05, 3.63) is 29.0 Å². The predicted molar refractivity (Wildman–Crippen MR) is 69.2 cm³/mol. The highest BCUT2D eigenvalue weighted by Crippen LogP contribution is 2.09. The minimum absolute atomic E-state index is 0.0789. The van der Waals surface area contributed by atoms with Crippen molar-refractivity contribution in [3.63, 3.8) is 0 Å². The molecule has 0 radical (unpaired) electrons. The molecule has 1 rings (SSSR count). The van der Waals surface area contributed by atoms with E-state index in [0.29, 0.717) is 22.1 Å². The van der Waals surface area contributed by atoms with Crippen LogP contribution < -0.4 is 0 Å². The van der Waals surface area contributed by atoms with E-state index in [0.717, 1.165) is 6.42 Å². The molecule has 5 heteroatoms. The lowest BCUT2D eigenvalue weighted by Gasteiger charge is -2.17. The monoisotopic (exact) mass is 304 g/mol. The van der Waals surface area contributed by atoms with Gasteiger partial charge in [-0.3, -0.25) is 4.79 Å². The fourth-order valence-corrected chi connectivity index (χ4v) is 1.49. The maximum atomic E-state index is 11.9. The van der Waals surface area contributed by atoms with Crippen LogP contribution in [0.15, 0.2) is 18.3 Å². The summed E-state index contributed by atoms with van der Waals surface area (Å²) >= 11 is 9.15. The molecule has 0 aliphatic heterocycles. The van der Waals surface area contributed by atoms with Gasteiger partial charge in [0.25, 0.3) is 5.91 Å².